The highest BCUT2D eigenvalue weighted by Gasteiger charge is 2.22. The van der Waals surface area contributed by atoms with Crippen molar-refractivity contribution in [3.63, 3.8) is 0 Å². The first kappa shape index (κ1) is 14.0. The molecule has 2 atom stereocenters. The van der Waals surface area contributed by atoms with Crippen molar-refractivity contribution in [3.8, 4) is 0 Å². The number of aliphatic hydroxyl groups is 1. The quantitative estimate of drug-likeness (QED) is 0.814. The van der Waals surface area contributed by atoms with Gasteiger partial charge in [0, 0.05) is 5.92 Å². The Morgan fingerprint density at radius 3 is 2.00 bits per heavy atom. The fraction of sp³-hybridized carbons (Fsp3) is 0.500. The molecule has 0 saturated heterocycles. The van der Waals surface area contributed by atoms with E-state index >= 15 is 0 Å². The van der Waals surface area contributed by atoms with Crippen molar-refractivity contribution in [2.75, 3.05) is 0 Å². The second-order valence-electron chi connectivity index (χ2n) is 5.33. The van der Waals surface area contributed by atoms with Gasteiger partial charge in [-0.2, -0.15) is 0 Å². The van der Waals surface area contributed by atoms with Crippen LogP contribution in [0.3, 0.4) is 0 Å². The van der Waals surface area contributed by atoms with Crippen molar-refractivity contribution in [2.45, 2.75) is 33.8 Å². The largest absolute Gasteiger partial charge is 0.392 e. The maximum atomic E-state index is 10.2. The normalized spacial score (nSPS) is 15.7. The van der Waals surface area contributed by atoms with Gasteiger partial charge in [-0.25, -0.2) is 0 Å². The third-order valence-electron chi connectivity index (χ3n) is 3.16. The number of rotatable bonds is 5. The fourth-order valence-corrected chi connectivity index (χ4v) is 1.96. The van der Waals surface area contributed by atoms with E-state index < -0.39 is 0 Å². The van der Waals surface area contributed by atoms with Crippen LogP contribution in [0, 0.1) is 17.8 Å². The maximum absolute atomic E-state index is 10.2. The Hall–Kier alpha value is -1.08. The molecule has 0 aliphatic carbocycles. The second-order valence-corrected chi connectivity index (χ2v) is 5.33. The van der Waals surface area contributed by atoms with Crippen LogP contribution in [-0.2, 0) is 0 Å². The molecule has 0 radical (unpaired) electrons. The van der Waals surface area contributed by atoms with E-state index in [0.29, 0.717) is 11.8 Å². The Labute approximate surface area is 105 Å². The molecule has 0 bridgehead atoms. The summed E-state index contributed by atoms with van der Waals surface area (Å²) in [6.07, 6.45) is 3.98. The molecule has 1 aromatic carbocycles. The number of hydrogen-bond acceptors (Lipinski definition) is 1. The third-order valence-corrected chi connectivity index (χ3v) is 3.16. The van der Waals surface area contributed by atoms with E-state index in [9.17, 15) is 5.11 Å². The molecule has 1 aromatic rings. The summed E-state index contributed by atoms with van der Waals surface area (Å²) in [4.78, 5) is 0. The first-order valence-electron chi connectivity index (χ1n) is 6.43. The SMILES string of the molecule is CC(C)[C@@H](/C=C/c1ccccc1)[C@@H](O)C(C)C. The van der Waals surface area contributed by atoms with E-state index in [1.807, 2.05) is 18.2 Å². The van der Waals surface area contributed by atoms with E-state index in [4.69, 9.17) is 0 Å². The van der Waals surface area contributed by atoms with Crippen LogP contribution in [-0.4, -0.2) is 11.2 Å². The van der Waals surface area contributed by atoms with Gasteiger partial charge in [0.1, 0.15) is 0 Å². The van der Waals surface area contributed by atoms with Crippen LogP contribution in [0.15, 0.2) is 36.4 Å². The van der Waals surface area contributed by atoms with Gasteiger partial charge in [-0.05, 0) is 17.4 Å². The van der Waals surface area contributed by atoms with Crippen LogP contribution in [0.1, 0.15) is 33.3 Å². The standard InChI is InChI=1S/C16H24O/c1-12(2)15(16(17)13(3)4)11-10-14-8-6-5-7-9-14/h5-13,15-17H,1-4H3/b11-10+/t15-,16+/m1/s1. The molecule has 0 heterocycles. The predicted octanol–water partition coefficient (Wildman–Crippen LogP) is 3.99. The van der Waals surface area contributed by atoms with Crippen LogP contribution in [0.2, 0.25) is 0 Å². The highest BCUT2D eigenvalue weighted by atomic mass is 16.3. The van der Waals surface area contributed by atoms with Gasteiger partial charge in [-0.15, -0.1) is 0 Å². The first-order chi connectivity index (χ1) is 8.02. The molecule has 0 amide bonds. The summed E-state index contributed by atoms with van der Waals surface area (Å²) in [6, 6.07) is 10.2. The van der Waals surface area contributed by atoms with Gasteiger partial charge in [-0.1, -0.05) is 70.2 Å². The lowest BCUT2D eigenvalue weighted by atomic mass is 9.84. The van der Waals surface area contributed by atoms with Crippen LogP contribution >= 0.6 is 0 Å². The number of aliphatic hydroxyl groups excluding tert-OH is 1. The minimum atomic E-state index is -0.269. The lowest BCUT2D eigenvalue weighted by Gasteiger charge is -2.26. The minimum Gasteiger partial charge on any atom is -0.392 e. The van der Waals surface area contributed by atoms with E-state index in [1.165, 1.54) is 5.56 Å². The van der Waals surface area contributed by atoms with Gasteiger partial charge in [0.25, 0.3) is 0 Å². The molecule has 0 aliphatic rings. The molecule has 1 rings (SSSR count). The molecule has 17 heavy (non-hydrogen) atoms. The highest BCUT2D eigenvalue weighted by molar-refractivity contribution is 5.49. The minimum absolute atomic E-state index is 0.218. The van der Waals surface area contributed by atoms with E-state index in [2.05, 4.69) is 52.0 Å². The Bertz CT molecular complexity index is 338. The average molecular weight is 232 g/mol. The van der Waals surface area contributed by atoms with Crippen molar-refractivity contribution in [1.29, 1.82) is 0 Å². The lowest BCUT2D eigenvalue weighted by molar-refractivity contribution is 0.0655. The summed E-state index contributed by atoms with van der Waals surface area (Å²) in [5.74, 6) is 0.963. The van der Waals surface area contributed by atoms with Crippen molar-refractivity contribution >= 4 is 6.08 Å². The van der Waals surface area contributed by atoms with Gasteiger partial charge < -0.3 is 5.11 Å². The first-order valence-corrected chi connectivity index (χ1v) is 6.43. The van der Waals surface area contributed by atoms with Gasteiger partial charge in [0.2, 0.25) is 0 Å². The van der Waals surface area contributed by atoms with E-state index in [0.717, 1.165) is 0 Å². The predicted molar refractivity (Wildman–Crippen MR) is 74.6 cm³/mol. The monoisotopic (exact) mass is 232 g/mol. The van der Waals surface area contributed by atoms with Gasteiger partial charge in [0.15, 0.2) is 0 Å². The average Bonchev–Trinajstić information content (AvgIpc) is 2.29. The zero-order valence-corrected chi connectivity index (χ0v) is 11.3. The zero-order valence-electron chi connectivity index (χ0n) is 11.3. The third kappa shape index (κ3) is 4.35. The zero-order chi connectivity index (χ0) is 12.8. The Kier molecular flexibility index (Phi) is 5.43. The summed E-state index contributed by atoms with van der Waals surface area (Å²) < 4.78 is 0. The van der Waals surface area contributed by atoms with Crippen molar-refractivity contribution in [1.82, 2.24) is 0 Å². The molecule has 1 nitrogen and oxygen atoms in total. The molecule has 0 fully saturated rings. The molecule has 0 saturated carbocycles. The molecule has 0 aliphatic heterocycles. The van der Waals surface area contributed by atoms with Crippen molar-refractivity contribution in [2.24, 2.45) is 17.8 Å². The Balaban J connectivity index is 2.77. The number of hydrogen-bond donors (Lipinski definition) is 1. The molecular formula is C16H24O. The Morgan fingerprint density at radius 2 is 1.53 bits per heavy atom. The summed E-state index contributed by atoms with van der Waals surface area (Å²) in [6.45, 7) is 8.45. The van der Waals surface area contributed by atoms with Crippen molar-refractivity contribution < 1.29 is 5.11 Å². The molecule has 1 heteroatoms. The highest BCUT2D eigenvalue weighted by Crippen LogP contribution is 2.23. The second kappa shape index (κ2) is 6.61. The van der Waals surface area contributed by atoms with Crippen molar-refractivity contribution in [3.05, 3.63) is 42.0 Å². The van der Waals surface area contributed by atoms with Gasteiger partial charge in [-0.3, -0.25) is 0 Å². The smallest absolute Gasteiger partial charge is 0.0628 e. The molecule has 0 spiro atoms. The fourth-order valence-electron chi connectivity index (χ4n) is 1.96. The number of benzene rings is 1. The van der Waals surface area contributed by atoms with Crippen LogP contribution in [0.25, 0.3) is 6.08 Å². The summed E-state index contributed by atoms with van der Waals surface area (Å²) >= 11 is 0. The van der Waals surface area contributed by atoms with Crippen LogP contribution in [0.5, 0.6) is 0 Å². The molecule has 0 aromatic heterocycles. The Morgan fingerprint density at radius 1 is 0.941 bits per heavy atom. The molecule has 0 unspecified atom stereocenters. The molecule has 94 valence electrons. The lowest BCUT2D eigenvalue weighted by Crippen LogP contribution is -2.28. The molecular weight excluding hydrogens is 208 g/mol. The van der Waals surface area contributed by atoms with Crippen LogP contribution < -0.4 is 0 Å². The van der Waals surface area contributed by atoms with E-state index in [1.54, 1.807) is 0 Å². The van der Waals surface area contributed by atoms with Gasteiger partial charge in [0.05, 0.1) is 6.10 Å². The van der Waals surface area contributed by atoms with E-state index in [-0.39, 0.29) is 12.0 Å². The van der Waals surface area contributed by atoms with Gasteiger partial charge >= 0.3 is 0 Å². The topological polar surface area (TPSA) is 20.2 Å². The van der Waals surface area contributed by atoms with Crippen LogP contribution in [0.4, 0.5) is 0 Å². The summed E-state index contributed by atoms with van der Waals surface area (Å²) in [5.41, 5.74) is 1.19. The molecule has 1 N–H and O–H groups in total. The maximum Gasteiger partial charge on any atom is 0.0628 e. The summed E-state index contributed by atoms with van der Waals surface area (Å²) in [5, 5.41) is 10.2. The summed E-state index contributed by atoms with van der Waals surface area (Å²) in [7, 11) is 0.